The van der Waals surface area contributed by atoms with Crippen LogP contribution in [0, 0.1) is 11.7 Å². The molecule has 2 aromatic rings. The van der Waals surface area contributed by atoms with Crippen molar-refractivity contribution in [3.63, 3.8) is 0 Å². The number of carbonyl (C=O) groups excluding carboxylic acids is 2. The number of hydrogen-bond acceptors (Lipinski definition) is 4. The van der Waals surface area contributed by atoms with E-state index in [1.165, 1.54) is 36.3 Å². The Kier molecular flexibility index (Phi) is 5.06. The minimum atomic E-state index is -0.501. The summed E-state index contributed by atoms with van der Waals surface area (Å²) in [6, 6.07) is 10.7. The zero-order chi connectivity index (χ0) is 18.7. The van der Waals surface area contributed by atoms with Gasteiger partial charge in [-0.1, -0.05) is 0 Å². The number of amides is 2. The Labute approximate surface area is 150 Å². The molecular formula is C19H19FN2O4. The fraction of sp³-hybridized carbons (Fsp3) is 0.263. The molecule has 7 heteroatoms. The topological polar surface area (TPSA) is 67.9 Å². The van der Waals surface area contributed by atoms with Crippen LogP contribution in [0.15, 0.2) is 42.5 Å². The van der Waals surface area contributed by atoms with Gasteiger partial charge in [-0.2, -0.15) is 0 Å². The van der Waals surface area contributed by atoms with Crippen molar-refractivity contribution in [2.24, 2.45) is 5.92 Å². The van der Waals surface area contributed by atoms with Crippen molar-refractivity contribution in [2.45, 2.75) is 6.42 Å². The number of ether oxygens (including phenoxy) is 2. The summed E-state index contributed by atoms with van der Waals surface area (Å²) in [5, 5.41) is 2.80. The molecule has 1 aliphatic rings. The van der Waals surface area contributed by atoms with E-state index >= 15 is 0 Å². The Morgan fingerprint density at radius 3 is 2.54 bits per heavy atom. The second kappa shape index (κ2) is 7.43. The molecule has 2 aromatic carbocycles. The molecule has 1 heterocycles. The highest BCUT2D eigenvalue weighted by molar-refractivity contribution is 6.03. The minimum absolute atomic E-state index is 0.0989. The maximum absolute atomic E-state index is 13.1. The molecule has 0 aromatic heterocycles. The molecule has 0 radical (unpaired) electrons. The van der Waals surface area contributed by atoms with Crippen molar-refractivity contribution >= 4 is 23.2 Å². The lowest BCUT2D eigenvalue weighted by Gasteiger charge is -2.17. The van der Waals surface area contributed by atoms with E-state index in [4.69, 9.17) is 9.47 Å². The highest BCUT2D eigenvalue weighted by Gasteiger charge is 2.35. The monoisotopic (exact) mass is 358 g/mol. The van der Waals surface area contributed by atoms with Gasteiger partial charge < -0.3 is 19.7 Å². The number of anilines is 2. The molecule has 1 N–H and O–H groups in total. The van der Waals surface area contributed by atoms with Crippen LogP contribution >= 0.6 is 0 Å². The molecule has 3 rings (SSSR count). The van der Waals surface area contributed by atoms with Crippen LogP contribution in [0.4, 0.5) is 15.8 Å². The van der Waals surface area contributed by atoms with Gasteiger partial charge in [0.1, 0.15) is 17.3 Å². The van der Waals surface area contributed by atoms with Crippen LogP contribution in [0.25, 0.3) is 0 Å². The predicted molar refractivity (Wildman–Crippen MR) is 95.0 cm³/mol. The smallest absolute Gasteiger partial charge is 0.229 e. The average molecular weight is 358 g/mol. The summed E-state index contributed by atoms with van der Waals surface area (Å²) in [4.78, 5) is 26.3. The molecule has 1 fully saturated rings. The van der Waals surface area contributed by atoms with Crippen molar-refractivity contribution in [2.75, 3.05) is 31.0 Å². The van der Waals surface area contributed by atoms with Gasteiger partial charge in [-0.3, -0.25) is 9.59 Å². The molecule has 0 saturated carbocycles. The van der Waals surface area contributed by atoms with Crippen LogP contribution in [0.2, 0.25) is 0 Å². The Hall–Kier alpha value is -3.09. The lowest BCUT2D eigenvalue weighted by atomic mass is 10.1. The van der Waals surface area contributed by atoms with Crippen molar-refractivity contribution in [3.8, 4) is 11.5 Å². The van der Waals surface area contributed by atoms with E-state index < -0.39 is 5.92 Å². The van der Waals surface area contributed by atoms with Crippen molar-refractivity contribution < 1.29 is 23.5 Å². The standard InChI is InChI=1S/C19H19FN2O4/c1-25-15-7-8-16(17(10-15)26-2)21-19(24)12-9-18(23)22(11-12)14-5-3-13(20)4-6-14/h3-8,10,12H,9,11H2,1-2H3,(H,21,24)/t12-/m0/s1. The third kappa shape index (κ3) is 3.61. The number of halogens is 1. The molecule has 0 spiro atoms. The Balaban J connectivity index is 1.71. The summed E-state index contributed by atoms with van der Waals surface area (Å²) in [6.07, 6.45) is 0.0989. The molecule has 1 atom stereocenters. The van der Waals surface area contributed by atoms with Crippen LogP contribution in [-0.4, -0.2) is 32.6 Å². The van der Waals surface area contributed by atoms with Crippen molar-refractivity contribution in [3.05, 3.63) is 48.3 Å². The molecule has 0 aliphatic carbocycles. The van der Waals surface area contributed by atoms with Gasteiger partial charge in [0.2, 0.25) is 11.8 Å². The minimum Gasteiger partial charge on any atom is -0.497 e. The Morgan fingerprint density at radius 2 is 1.88 bits per heavy atom. The first kappa shape index (κ1) is 17.7. The molecule has 2 amide bonds. The number of carbonyl (C=O) groups is 2. The molecular weight excluding hydrogens is 339 g/mol. The van der Waals surface area contributed by atoms with Crippen LogP contribution in [-0.2, 0) is 9.59 Å². The van der Waals surface area contributed by atoms with Gasteiger partial charge >= 0.3 is 0 Å². The van der Waals surface area contributed by atoms with Gasteiger partial charge in [0.25, 0.3) is 0 Å². The number of rotatable bonds is 5. The number of benzene rings is 2. The Bertz CT molecular complexity index is 823. The van der Waals surface area contributed by atoms with E-state index in [0.717, 1.165) is 0 Å². The maximum Gasteiger partial charge on any atom is 0.229 e. The molecule has 1 saturated heterocycles. The fourth-order valence-electron chi connectivity index (χ4n) is 2.89. The first-order chi connectivity index (χ1) is 12.5. The highest BCUT2D eigenvalue weighted by Crippen LogP contribution is 2.31. The first-order valence-corrected chi connectivity index (χ1v) is 8.10. The molecule has 1 aliphatic heterocycles. The molecule has 136 valence electrons. The highest BCUT2D eigenvalue weighted by atomic mass is 19.1. The largest absolute Gasteiger partial charge is 0.497 e. The van der Waals surface area contributed by atoms with E-state index in [1.54, 1.807) is 25.3 Å². The quantitative estimate of drug-likeness (QED) is 0.892. The van der Waals surface area contributed by atoms with Crippen LogP contribution in [0.5, 0.6) is 11.5 Å². The summed E-state index contributed by atoms with van der Waals surface area (Å²) >= 11 is 0. The van der Waals surface area contributed by atoms with E-state index in [9.17, 15) is 14.0 Å². The fourth-order valence-corrected chi connectivity index (χ4v) is 2.89. The molecule has 6 nitrogen and oxygen atoms in total. The second-order valence-corrected chi connectivity index (χ2v) is 5.94. The average Bonchev–Trinajstić information content (AvgIpc) is 3.04. The summed E-state index contributed by atoms with van der Waals surface area (Å²) in [5.74, 6) is -0.235. The zero-order valence-electron chi connectivity index (χ0n) is 14.5. The van der Waals surface area contributed by atoms with Crippen LogP contribution in [0.1, 0.15) is 6.42 Å². The summed E-state index contributed by atoms with van der Waals surface area (Å²) in [7, 11) is 3.04. The second-order valence-electron chi connectivity index (χ2n) is 5.94. The van der Waals surface area contributed by atoms with E-state index in [0.29, 0.717) is 22.9 Å². The number of nitrogens with zero attached hydrogens (tertiary/aromatic N) is 1. The van der Waals surface area contributed by atoms with Gasteiger partial charge in [-0.15, -0.1) is 0 Å². The van der Waals surface area contributed by atoms with Gasteiger partial charge in [0, 0.05) is 24.7 Å². The number of nitrogens with one attached hydrogen (secondary N) is 1. The van der Waals surface area contributed by atoms with Gasteiger partial charge in [0.15, 0.2) is 0 Å². The lowest BCUT2D eigenvalue weighted by molar-refractivity contribution is -0.122. The van der Waals surface area contributed by atoms with Gasteiger partial charge in [-0.05, 0) is 36.4 Å². The van der Waals surface area contributed by atoms with Crippen molar-refractivity contribution in [1.29, 1.82) is 0 Å². The van der Waals surface area contributed by atoms with Crippen LogP contribution < -0.4 is 19.7 Å². The Morgan fingerprint density at radius 1 is 1.15 bits per heavy atom. The molecule has 0 bridgehead atoms. The predicted octanol–water partition coefficient (Wildman–Crippen LogP) is 2.83. The summed E-state index contributed by atoms with van der Waals surface area (Å²) in [5.41, 5.74) is 1.08. The van der Waals surface area contributed by atoms with Crippen LogP contribution in [0.3, 0.4) is 0 Å². The first-order valence-electron chi connectivity index (χ1n) is 8.10. The number of hydrogen-bond donors (Lipinski definition) is 1. The normalized spacial score (nSPS) is 16.5. The third-order valence-electron chi connectivity index (χ3n) is 4.30. The van der Waals surface area contributed by atoms with Gasteiger partial charge in [0.05, 0.1) is 25.8 Å². The summed E-state index contributed by atoms with van der Waals surface area (Å²) < 4.78 is 23.5. The lowest BCUT2D eigenvalue weighted by Crippen LogP contribution is -2.28. The van der Waals surface area contributed by atoms with Crippen molar-refractivity contribution in [1.82, 2.24) is 0 Å². The maximum atomic E-state index is 13.1. The zero-order valence-corrected chi connectivity index (χ0v) is 14.5. The molecule has 0 unspecified atom stereocenters. The molecule has 26 heavy (non-hydrogen) atoms. The van der Waals surface area contributed by atoms with E-state index in [-0.39, 0.29) is 30.6 Å². The van der Waals surface area contributed by atoms with E-state index in [2.05, 4.69) is 5.32 Å². The number of methoxy groups -OCH3 is 2. The van der Waals surface area contributed by atoms with Gasteiger partial charge in [-0.25, -0.2) is 4.39 Å². The van der Waals surface area contributed by atoms with E-state index in [1.807, 2.05) is 0 Å². The summed E-state index contributed by atoms with van der Waals surface area (Å²) in [6.45, 7) is 0.245. The SMILES string of the molecule is COc1ccc(NC(=O)[C@H]2CC(=O)N(c3ccc(F)cc3)C2)c(OC)c1. The third-order valence-corrected chi connectivity index (χ3v) is 4.30.